The molecule has 0 fully saturated rings. The molecule has 0 saturated carbocycles. The third kappa shape index (κ3) is 45.5. The zero-order chi connectivity index (χ0) is 45.1. The molecule has 0 spiro atoms. The SMILES string of the molecule is CC/C=C\C/C=C\CC(O)/C=C/C=C\C/C=C\CCCC(=O)OC[C@H](COP(=O)(O)OCC[N+](C)(C)C)OC(=O)CCCCCCCCCCCCCCCCCCCCC. The lowest BCUT2D eigenvalue weighted by Gasteiger charge is -2.24. The number of allylic oxidation sites excluding steroid dienone is 8. The number of ether oxygens (including phenoxy) is 2. The lowest BCUT2D eigenvalue weighted by atomic mass is 10.0. The fraction of sp³-hybridized carbons (Fsp3) is 0.760. The number of esters is 2. The number of phosphoric ester groups is 1. The molecule has 61 heavy (non-hydrogen) atoms. The fourth-order valence-electron chi connectivity index (χ4n) is 6.37. The van der Waals surface area contributed by atoms with E-state index in [2.05, 4.69) is 32.1 Å². The highest BCUT2D eigenvalue weighted by Crippen LogP contribution is 2.43. The first-order chi connectivity index (χ1) is 29.4. The first kappa shape index (κ1) is 58.7. The number of hydrogen-bond acceptors (Lipinski definition) is 8. The number of nitrogens with zero attached hydrogens (tertiary/aromatic N) is 1. The Morgan fingerprint density at radius 3 is 1.70 bits per heavy atom. The van der Waals surface area contributed by atoms with Crippen LogP contribution in [0.2, 0.25) is 0 Å². The summed E-state index contributed by atoms with van der Waals surface area (Å²) in [5.41, 5.74) is 0. The maximum absolute atomic E-state index is 12.7. The number of likely N-dealkylation sites (N-methyl/N-ethyl adjacent to an activating group) is 1. The second-order valence-electron chi connectivity index (χ2n) is 17.3. The molecule has 0 radical (unpaired) electrons. The lowest BCUT2D eigenvalue weighted by molar-refractivity contribution is -0.870. The van der Waals surface area contributed by atoms with Gasteiger partial charge in [0.15, 0.2) is 6.10 Å². The molecule has 0 aromatic carbocycles. The van der Waals surface area contributed by atoms with Gasteiger partial charge >= 0.3 is 19.8 Å². The summed E-state index contributed by atoms with van der Waals surface area (Å²) in [6.07, 6.45) is 47.4. The van der Waals surface area contributed by atoms with Crippen molar-refractivity contribution < 1.29 is 47.2 Å². The van der Waals surface area contributed by atoms with Crippen LogP contribution in [0.1, 0.15) is 187 Å². The van der Waals surface area contributed by atoms with Gasteiger partial charge in [0.2, 0.25) is 0 Å². The molecule has 0 aliphatic carbocycles. The molecule has 0 saturated heterocycles. The molecular weight excluding hydrogens is 790 g/mol. The van der Waals surface area contributed by atoms with Gasteiger partial charge in [0.05, 0.1) is 33.9 Å². The molecular formula is C50H91NO9P+. The van der Waals surface area contributed by atoms with Gasteiger partial charge in [-0.05, 0) is 44.9 Å². The third-order valence-corrected chi connectivity index (χ3v) is 11.1. The van der Waals surface area contributed by atoms with E-state index >= 15 is 0 Å². The molecule has 0 amide bonds. The van der Waals surface area contributed by atoms with E-state index in [4.69, 9.17) is 18.5 Å². The number of carbonyl (C=O) groups excluding carboxylic acids is 2. The summed E-state index contributed by atoms with van der Waals surface area (Å²) in [6, 6.07) is 0. The molecule has 0 aliphatic heterocycles. The zero-order valence-electron chi connectivity index (χ0n) is 39.5. The third-order valence-electron chi connectivity index (χ3n) is 10.1. The Morgan fingerprint density at radius 1 is 0.607 bits per heavy atom. The van der Waals surface area contributed by atoms with Gasteiger partial charge in [-0.25, -0.2) is 4.57 Å². The average Bonchev–Trinajstić information content (AvgIpc) is 3.21. The highest BCUT2D eigenvalue weighted by molar-refractivity contribution is 7.47. The second-order valence-corrected chi connectivity index (χ2v) is 18.8. The predicted octanol–water partition coefficient (Wildman–Crippen LogP) is 13.0. The maximum atomic E-state index is 12.7. The van der Waals surface area contributed by atoms with Crippen LogP contribution in [0.15, 0.2) is 60.8 Å². The van der Waals surface area contributed by atoms with Crippen LogP contribution in [0.5, 0.6) is 0 Å². The Bertz CT molecular complexity index is 1240. The quantitative estimate of drug-likeness (QED) is 0.0154. The minimum atomic E-state index is -4.41. The van der Waals surface area contributed by atoms with Crippen LogP contribution in [0, 0.1) is 0 Å². The van der Waals surface area contributed by atoms with Crippen molar-refractivity contribution in [2.24, 2.45) is 0 Å². The normalized spacial score (nSPS) is 14.5. The minimum Gasteiger partial charge on any atom is -0.462 e. The monoisotopic (exact) mass is 881 g/mol. The van der Waals surface area contributed by atoms with Crippen LogP contribution in [-0.4, -0.2) is 86.1 Å². The van der Waals surface area contributed by atoms with Crippen molar-refractivity contribution in [1.29, 1.82) is 0 Å². The molecule has 0 heterocycles. The van der Waals surface area contributed by atoms with Crippen molar-refractivity contribution in [2.45, 2.75) is 199 Å². The largest absolute Gasteiger partial charge is 0.472 e. The van der Waals surface area contributed by atoms with Crippen molar-refractivity contribution in [3.8, 4) is 0 Å². The van der Waals surface area contributed by atoms with Crippen molar-refractivity contribution in [3.05, 3.63) is 60.8 Å². The minimum absolute atomic E-state index is 0.0118. The Morgan fingerprint density at radius 2 is 1.13 bits per heavy atom. The van der Waals surface area contributed by atoms with Crippen molar-refractivity contribution >= 4 is 19.8 Å². The summed E-state index contributed by atoms with van der Waals surface area (Å²) in [6.45, 7) is 4.16. The van der Waals surface area contributed by atoms with Gasteiger partial charge in [-0.2, -0.15) is 0 Å². The summed E-state index contributed by atoms with van der Waals surface area (Å²) in [5, 5.41) is 10.0. The molecule has 0 rings (SSSR count). The summed E-state index contributed by atoms with van der Waals surface area (Å²) in [4.78, 5) is 35.4. The van der Waals surface area contributed by atoms with Crippen molar-refractivity contribution in [2.75, 3.05) is 47.5 Å². The molecule has 11 heteroatoms. The molecule has 354 valence electrons. The Labute approximate surface area is 373 Å². The van der Waals surface area contributed by atoms with Gasteiger partial charge in [-0.3, -0.25) is 18.6 Å². The lowest BCUT2D eigenvalue weighted by Crippen LogP contribution is -2.37. The molecule has 0 aromatic rings. The second kappa shape index (κ2) is 41.7. The van der Waals surface area contributed by atoms with E-state index in [1.54, 1.807) is 6.08 Å². The van der Waals surface area contributed by atoms with Crippen molar-refractivity contribution in [1.82, 2.24) is 0 Å². The van der Waals surface area contributed by atoms with Gasteiger partial charge in [-0.1, -0.05) is 190 Å². The number of unbranched alkanes of at least 4 members (excludes halogenated alkanes) is 19. The zero-order valence-corrected chi connectivity index (χ0v) is 40.4. The van der Waals surface area contributed by atoms with Gasteiger partial charge in [0.25, 0.3) is 0 Å². The number of quaternary nitrogens is 1. The van der Waals surface area contributed by atoms with E-state index in [1.807, 2.05) is 57.6 Å². The van der Waals surface area contributed by atoms with Crippen LogP contribution in [0.3, 0.4) is 0 Å². The maximum Gasteiger partial charge on any atom is 0.472 e. The summed E-state index contributed by atoms with van der Waals surface area (Å²) < 4.78 is 34.3. The number of hydrogen-bond donors (Lipinski definition) is 2. The Hall–Kier alpha value is -2.33. The Kier molecular flexibility index (Phi) is 40.1. The van der Waals surface area contributed by atoms with Gasteiger partial charge < -0.3 is 24.0 Å². The molecule has 10 nitrogen and oxygen atoms in total. The smallest absolute Gasteiger partial charge is 0.462 e. The predicted molar refractivity (Wildman–Crippen MR) is 253 cm³/mol. The number of aliphatic hydroxyl groups is 1. The molecule has 3 atom stereocenters. The van der Waals surface area contributed by atoms with E-state index in [9.17, 15) is 24.2 Å². The van der Waals surface area contributed by atoms with Gasteiger partial charge in [0, 0.05) is 12.8 Å². The summed E-state index contributed by atoms with van der Waals surface area (Å²) >= 11 is 0. The van der Waals surface area contributed by atoms with Gasteiger partial charge in [0.1, 0.15) is 19.8 Å². The summed E-state index contributed by atoms with van der Waals surface area (Å²) in [5.74, 6) is -0.903. The van der Waals surface area contributed by atoms with E-state index < -0.39 is 38.6 Å². The van der Waals surface area contributed by atoms with E-state index in [1.165, 1.54) is 96.3 Å². The molecule has 2 unspecified atom stereocenters. The Balaban J connectivity index is 4.42. The molecule has 0 bridgehead atoms. The number of carbonyl (C=O) groups is 2. The number of phosphoric acid groups is 1. The highest BCUT2D eigenvalue weighted by Gasteiger charge is 2.27. The number of rotatable bonds is 43. The molecule has 2 N–H and O–H groups in total. The van der Waals surface area contributed by atoms with Gasteiger partial charge in [-0.15, -0.1) is 0 Å². The van der Waals surface area contributed by atoms with Crippen LogP contribution in [-0.2, 0) is 32.7 Å². The number of aliphatic hydroxyl groups excluding tert-OH is 1. The standard InChI is InChI=1S/C50H90NO9P/c1-6-8-10-12-14-15-16-17-18-19-20-21-22-23-24-25-30-34-38-42-50(54)60-48(46-59-61(55,56)58-44-43-51(3,4)5)45-57-49(53)41-37-33-29-27-26-28-32-36-40-47(52)39-35-31-13-11-9-7-2/h9,11,27-29,31-32,35-36,40,47-48,52H,6-8,10,12-26,30,33-34,37-39,41-46H2,1-5H3/p+1/b11-9-,29-27-,32-28-,35-31-,40-36+/t47?,48-/m1/s1. The van der Waals surface area contributed by atoms with E-state index in [0.717, 1.165) is 38.5 Å². The van der Waals surface area contributed by atoms with Crippen LogP contribution < -0.4 is 0 Å². The van der Waals surface area contributed by atoms with E-state index in [0.29, 0.717) is 36.7 Å². The van der Waals surface area contributed by atoms with Crippen LogP contribution in [0.25, 0.3) is 0 Å². The topological polar surface area (TPSA) is 129 Å². The van der Waals surface area contributed by atoms with E-state index in [-0.39, 0.29) is 26.1 Å². The van der Waals surface area contributed by atoms with Crippen LogP contribution in [0.4, 0.5) is 0 Å². The molecule has 0 aliphatic rings. The first-order valence-corrected chi connectivity index (χ1v) is 25.6. The summed E-state index contributed by atoms with van der Waals surface area (Å²) in [7, 11) is 1.41. The average molecular weight is 881 g/mol. The van der Waals surface area contributed by atoms with Crippen molar-refractivity contribution in [3.63, 3.8) is 0 Å². The molecule has 0 aromatic heterocycles. The first-order valence-electron chi connectivity index (χ1n) is 24.1. The highest BCUT2D eigenvalue weighted by atomic mass is 31.2. The van der Waals surface area contributed by atoms with Crippen LogP contribution >= 0.6 is 7.82 Å². The fourth-order valence-corrected chi connectivity index (χ4v) is 7.11.